The van der Waals surface area contributed by atoms with Gasteiger partial charge in [-0.2, -0.15) is 8.78 Å². The highest BCUT2D eigenvalue weighted by Gasteiger charge is 2.27. The second-order valence-electron chi connectivity index (χ2n) is 2.04. The first-order chi connectivity index (χ1) is 5.70. The van der Waals surface area contributed by atoms with Gasteiger partial charge in [0.15, 0.2) is 5.79 Å². The number of halogens is 3. The third-order valence-electron chi connectivity index (χ3n) is 1.18. The van der Waals surface area contributed by atoms with Crippen molar-refractivity contribution in [1.82, 2.24) is 0 Å². The Kier molecular flexibility index (Phi) is 4.17. The SMILES string of the molecule is FC(F)=CC(F)[SiH]1O[SiH2]O[SiH2]O1. The summed E-state index contributed by atoms with van der Waals surface area (Å²) < 4.78 is 50.5. The van der Waals surface area contributed by atoms with Crippen LogP contribution in [0.3, 0.4) is 0 Å². The van der Waals surface area contributed by atoms with E-state index in [2.05, 4.69) is 0 Å². The monoisotopic (exact) mass is 232 g/mol. The fourth-order valence-corrected chi connectivity index (χ4v) is 7.57. The molecule has 0 radical (unpaired) electrons. The van der Waals surface area contributed by atoms with Gasteiger partial charge in [0.05, 0.1) is 0 Å². The number of hydrogen-bond acceptors (Lipinski definition) is 3. The van der Waals surface area contributed by atoms with E-state index in [0.717, 1.165) is 0 Å². The lowest BCUT2D eigenvalue weighted by atomic mass is 10.7. The first kappa shape index (κ1) is 10.1. The molecule has 1 heterocycles. The second kappa shape index (κ2) is 4.94. The summed E-state index contributed by atoms with van der Waals surface area (Å²) in [6.07, 6.45) is -1.79. The van der Waals surface area contributed by atoms with Crippen molar-refractivity contribution < 1.29 is 25.5 Å². The summed E-state index contributed by atoms with van der Waals surface area (Å²) >= 11 is 0. The normalized spacial score (nSPS) is 30.4. The molecule has 1 aliphatic rings. The molecule has 0 amide bonds. The Bertz CT molecular complexity index is 169. The van der Waals surface area contributed by atoms with Gasteiger partial charge < -0.3 is 12.3 Å². The van der Waals surface area contributed by atoms with Gasteiger partial charge >= 0.3 is 9.28 Å². The number of hydrogen-bond donors (Lipinski definition) is 0. The standard InChI is InChI=1S/C3H7F3O3Si3/c4-2(5)1-3(6)12-8-10-7-11-9-12/h1,3,12H,10-11H2. The Balaban J connectivity index is 2.39. The van der Waals surface area contributed by atoms with E-state index in [1.807, 2.05) is 0 Å². The van der Waals surface area contributed by atoms with Crippen LogP contribution in [0.1, 0.15) is 0 Å². The van der Waals surface area contributed by atoms with E-state index in [9.17, 15) is 13.2 Å². The average Bonchev–Trinajstić information content (AvgIpc) is 2.05. The summed E-state index contributed by atoms with van der Waals surface area (Å²) in [5, 5.41) is 0. The minimum absolute atomic E-state index is 0.241. The Hall–Kier alpha value is 0.0606. The minimum atomic E-state index is -2.50. The number of alkyl halides is 1. The Morgan fingerprint density at radius 3 is 2.42 bits per heavy atom. The third kappa shape index (κ3) is 3.20. The van der Waals surface area contributed by atoms with Crippen molar-refractivity contribution in [3.05, 3.63) is 12.2 Å². The highest BCUT2D eigenvalue weighted by Crippen LogP contribution is 2.09. The smallest absolute Gasteiger partial charge is 0.342 e. The predicted molar refractivity (Wildman–Crippen MR) is 42.7 cm³/mol. The molecule has 0 aromatic carbocycles. The molecule has 0 bridgehead atoms. The fourth-order valence-electron chi connectivity index (χ4n) is 0.695. The molecule has 0 N–H and O–H groups in total. The minimum Gasteiger partial charge on any atom is -0.425 e. The highest BCUT2D eigenvalue weighted by atomic mass is 28.4. The lowest BCUT2D eigenvalue weighted by Crippen LogP contribution is -2.41. The van der Waals surface area contributed by atoms with Crippen LogP contribution in [0, 0.1) is 0 Å². The summed E-state index contributed by atoms with van der Waals surface area (Å²) in [6.45, 7) is 0. The predicted octanol–water partition coefficient (Wildman–Crippen LogP) is -1.07. The van der Waals surface area contributed by atoms with Crippen molar-refractivity contribution in [3.63, 3.8) is 0 Å². The molecule has 0 aromatic rings. The highest BCUT2D eigenvalue weighted by molar-refractivity contribution is 6.62. The number of allylic oxidation sites excluding steroid dienone is 1. The molecule has 1 fully saturated rings. The van der Waals surface area contributed by atoms with E-state index < -0.39 is 41.2 Å². The molecule has 0 saturated carbocycles. The molecule has 70 valence electrons. The van der Waals surface area contributed by atoms with Gasteiger partial charge in [-0.1, -0.05) is 0 Å². The maximum Gasteiger partial charge on any atom is 0.342 e. The topological polar surface area (TPSA) is 27.7 Å². The van der Waals surface area contributed by atoms with Crippen LogP contribution in [0.5, 0.6) is 0 Å². The van der Waals surface area contributed by atoms with Crippen molar-refractivity contribution in [2.75, 3.05) is 0 Å². The van der Waals surface area contributed by atoms with Gasteiger partial charge in [0, 0.05) is 6.08 Å². The zero-order chi connectivity index (χ0) is 8.97. The number of rotatable bonds is 2. The molecule has 1 rings (SSSR count). The maximum absolute atomic E-state index is 12.8. The van der Waals surface area contributed by atoms with Crippen LogP contribution in [-0.2, 0) is 12.3 Å². The summed E-state index contributed by atoms with van der Waals surface area (Å²) in [5.74, 6) is -1.75. The lowest BCUT2D eigenvalue weighted by Gasteiger charge is -2.22. The van der Waals surface area contributed by atoms with Crippen molar-refractivity contribution in [3.8, 4) is 0 Å². The Morgan fingerprint density at radius 1 is 1.33 bits per heavy atom. The molecule has 0 spiro atoms. The average molecular weight is 232 g/mol. The zero-order valence-corrected chi connectivity index (χ0v) is 9.99. The van der Waals surface area contributed by atoms with Crippen LogP contribution >= 0.6 is 0 Å². The van der Waals surface area contributed by atoms with Crippen LogP contribution in [-0.4, -0.2) is 35.1 Å². The van der Waals surface area contributed by atoms with Crippen LogP contribution in [0.4, 0.5) is 13.2 Å². The summed E-state index contributed by atoms with van der Waals surface area (Å²) in [4.78, 5) is 0. The van der Waals surface area contributed by atoms with E-state index in [1.165, 1.54) is 0 Å². The van der Waals surface area contributed by atoms with Crippen molar-refractivity contribution in [1.29, 1.82) is 0 Å². The molecule has 0 aliphatic carbocycles. The molecule has 0 aromatic heterocycles. The van der Waals surface area contributed by atoms with Gasteiger partial charge in [-0.05, 0) is 0 Å². The van der Waals surface area contributed by atoms with Crippen LogP contribution < -0.4 is 0 Å². The third-order valence-corrected chi connectivity index (χ3v) is 6.94. The van der Waals surface area contributed by atoms with E-state index in [-0.39, 0.29) is 6.08 Å². The summed E-state index contributed by atoms with van der Waals surface area (Å²) in [7, 11) is -4.76. The fraction of sp³-hybridized carbons (Fsp3) is 0.333. The van der Waals surface area contributed by atoms with Gasteiger partial charge in [0.25, 0.3) is 26.1 Å². The summed E-state index contributed by atoms with van der Waals surface area (Å²) in [5.41, 5.74) is 0. The molecule has 3 nitrogen and oxygen atoms in total. The van der Waals surface area contributed by atoms with Gasteiger partial charge in [-0.15, -0.1) is 0 Å². The maximum atomic E-state index is 12.8. The molecule has 1 atom stereocenters. The first-order valence-corrected chi connectivity index (χ1v) is 7.10. The van der Waals surface area contributed by atoms with Gasteiger partial charge in [-0.3, -0.25) is 0 Å². The van der Waals surface area contributed by atoms with Crippen molar-refractivity contribution in [2.45, 2.75) is 5.79 Å². The van der Waals surface area contributed by atoms with Crippen LogP contribution in [0.15, 0.2) is 12.2 Å². The Labute approximate surface area is 73.5 Å². The quantitative estimate of drug-likeness (QED) is 0.567. The summed E-state index contributed by atoms with van der Waals surface area (Å²) in [6, 6.07) is 0. The molecule has 1 saturated heterocycles. The first-order valence-electron chi connectivity index (χ1n) is 3.18. The van der Waals surface area contributed by atoms with E-state index in [1.54, 1.807) is 0 Å². The van der Waals surface area contributed by atoms with Gasteiger partial charge in [-0.25, -0.2) is 4.39 Å². The largest absolute Gasteiger partial charge is 0.425 e. The zero-order valence-electron chi connectivity index (χ0n) is 6.00. The molecule has 1 unspecified atom stereocenters. The van der Waals surface area contributed by atoms with Crippen LogP contribution in [0.2, 0.25) is 0 Å². The van der Waals surface area contributed by atoms with Crippen molar-refractivity contribution in [2.24, 2.45) is 0 Å². The van der Waals surface area contributed by atoms with E-state index >= 15 is 0 Å². The molecule has 12 heavy (non-hydrogen) atoms. The van der Waals surface area contributed by atoms with Crippen molar-refractivity contribution >= 4 is 29.3 Å². The van der Waals surface area contributed by atoms with E-state index in [0.29, 0.717) is 0 Å². The lowest BCUT2D eigenvalue weighted by molar-refractivity contribution is 0.284. The van der Waals surface area contributed by atoms with Gasteiger partial charge in [0.2, 0.25) is 0 Å². The molecular formula is C3H7F3O3Si3. The molecule has 9 heteroatoms. The second-order valence-corrected chi connectivity index (χ2v) is 8.19. The Morgan fingerprint density at radius 2 is 1.92 bits per heavy atom. The molecular weight excluding hydrogens is 225 g/mol. The van der Waals surface area contributed by atoms with Gasteiger partial charge in [0.1, 0.15) is 0 Å². The molecule has 1 aliphatic heterocycles. The van der Waals surface area contributed by atoms with E-state index in [4.69, 9.17) is 12.3 Å². The van der Waals surface area contributed by atoms with Crippen LogP contribution in [0.25, 0.3) is 0 Å².